The van der Waals surface area contributed by atoms with Crippen LogP contribution in [0.2, 0.25) is 0 Å². The summed E-state index contributed by atoms with van der Waals surface area (Å²) in [7, 11) is 1.87. The van der Waals surface area contributed by atoms with Crippen LogP contribution >= 0.6 is 0 Å². The number of allylic oxidation sites excluding steroid dienone is 3. The van der Waals surface area contributed by atoms with Crippen LogP contribution in [0.1, 0.15) is 59.9 Å². The van der Waals surface area contributed by atoms with E-state index in [-0.39, 0.29) is 5.78 Å². The SMILES string of the molecule is CCCCCC(=C/c1ccccc1)/C=C/C(=O)c1c(C)nn(C)c1C. The van der Waals surface area contributed by atoms with Gasteiger partial charge in [0.05, 0.1) is 11.3 Å². The molecule has 0 radical (unpaired) electrons. The van der Waals surface area contributed by atoms with Gasteiger partial charge in [-0.1, -0.05) is 62.2 Å². The molecule has 3 heteroatoms. The minimum absolute atomic E-state index is 0.0255. The van der Waals surface area contributed by atoms with Gasteiger partial charge in [0.25, 0.3) is 0 Å². The molecule has 1 aromatic carbocycles. The molecule has 0 amide bonds. The maximum absolute atomic E-state index is 12.6. The second-order valence-corrected chi connectivity index (χ2v) is 6.45. The normalized spacial score (nSPS) is 12.1. The van der Waals surface area contributed by atoms with Gasteiger partial charge in [-0.25, -0.2) is 0 Å². The Hall–Kier alpha value is -2.42. The van der Waals surface area contributed by atoms with Gasteiger partial charge in [-0.3, -0.25) is 9.48 Å². The Morgan fingerprint density at radius 2 is 1.84 bits per heavy atom. The lowest BCUT2D eigenvalue weighted by Gasteiger charge is -2.03. The molecule has 0 bridgehead atoms. The van der Waals surface area contributed by atoms with Crippen molar-refractivity contribution in [2.45, 2.75) is 46.5 Å². The summed E-state index contributed by atoms with van der Waals surface area (Å²) in [5, 5.41) is 4.33. The molecule has 132 valence electrons. The Morgan fingerprint density at radius 3 is 2.44 bits per heavy atom. The molecule has 0 spiro atoms. The Bertz CT molecular complexity index is 767. The predicted octanol–water partition coefficient (Wildman–Crippen LogP) is 5.44. The van der Waals surface area contributed by atoms with Gasteiger partial charge in [0.2, 0.25) is 0 Å². The van der Waals surface area contributed by atoms with E-state index in [4.69, 9.17) is 0 Å². The van der Waals surface area contributed by atoms with Crippen molar-refractivity contribution in [2.24, 2.45) is 7.05 Å². The average Bonchev–Trinajstić information content (AvgIpc) is 2.85. The van der Waals surface area contributed by atoms with Gasteiger partial charge >= 0.3 is 0 Å². The lowest BCUT2D eigenvalue weighted by molar-refractivity contribution is 0.104. The molecule has 0 atom stereocenters. The van der Waals surface area contributed by atoms with Crippen LogP contribution in [0.4, 0.5) is 0 Å². The number of hydrogen-bond acceptors (Lipinski definition) is 2. The zero-order valence-corrected chi connectivity index (χ0v) is 15.7. The summed E-state index contributed by atoms with van der Waals surface area (Å²) in [5.41, 5.74) is 4.76. The Labute approximate surface area is 151 Å². The van der Waals surface area contributed by atoms with Crippen molar-refractivity contribution in [3.63, 3.8) is 0 Å². The number of aryl methyl sites for hydroxylation is 2. The molecule has 0 aliphatic carbocycles. The molecule has 2 aromatic rings. The van der Waals surface area contributed by atoms with E-state index in [1.54, 1.807) is 10.8 Å². The lowest BCUT2D eigenvalue weighted by Crippen LogP contribution is -2.00. The van der Waals surface area contributed by atoms with Gasteiger partial charge < -0.3 is 0 Å². The van der Waals surface area contributed by atoms with Gasteiger partial charge in [0.1, 0.15) is 0 Å². The largest absolute Gasteiger partial charge is 0.289 e. The number of benzene rings is 1. The van der Waals surface area contributed by atoms with E-state index in [0.717, 1.165) is 24.2 Å². The van der Waals surface area contributed by atoms with Crippen LogP contribution in [0.15, 0.2) is 48.1 Å². The second-order valence-electron chi connectivity index (χ2n) is 6.45. The number of unbranched alkanes of at least 4 members (excludes halogenated alkanes) is 2. The fourth-order valence-electron chi connectivity index (χ4n) is 2.94. The first kappa shape index (κ1) is 18.9. The van der Waals surface area contributed by atoms with E-state index in [2.05, 4.69) is 30.2 Å². The minimum atomic E-state index is 0.0255. The third-order valence-corrected chi connectivity index (χ3v) is 4.42. The average molecular weight is 336 g/mol. The van der Waals surface area contributed by atoms with Crippen molar-refractivity contribution >= 4 is 11.9 Å². The van der Waals surface area contributed by atoms with E-state index in [0.29, 0.717) is 5.56 Å². The zero-order valence-electron chi connectivity index (χ0n) is 15.7. The van der Waals surface area contributed by atoms with E-state index in [9.17, 15) is 4.79 Å². The zero-order chi connectivity index (χ0) is 18.2. The van der Waals surface area contributed by atoms with Crippen molar-refractivity contribution < 1.29 is 4.79 Å². The van der Waals surface area contributed by atoms with Crippen LogP contribution in [-0.4, -0.2) is 15.6 Å². The Balaban J connectivity index is 2.21. The van der Waals surface area contributed by atoms with E-state index in [1.165, 1.54) is 24.0 Å². The summed E-state index contributed by atoms with van der Waals surface area (Å²) in [6, 6.07) is 10.3. The van der Waals surface area contributed by atoms with Gasteiger partial charge in [-0.15, -0.1) is 0 Å². The third kappa shape index (κ3) is 5.28. The first-order chi connectivity index (χ1) is 12.0. The highest BCUT2D eigenvalue weighted by Crippen LogP contribution is 2.17. The molecule has 0 unspecified atom stereocenters. The van der Waals surface area contributed by atoms with Crippen molar-refractivity contribution in [1.82, 2.24) is 9.78 Å². The predicted molar refractivity (Wildman–Crippen MR) is 105 cm³/mol. The fourth-order valence-corrected chi connectivity index (χ4v) is 2.94. The number of rotatable bonds is 8. The molecular formula is C22H28N2O. The summed E-state index contributed by atoms with van der Waals surface area (Å²) < 4.78 is 1.76. The van der Waals surface area contributed by atoms with Gasteiger partial charge in [0, 0.05) is 12.7 Å². The van der Waals surface area contributed by atoms with E-state index < -0.39 is 0 Å². The van der Waals surface area contributed by atoms with Crippen molar-refractivity contribution in [2.75, 3.05) is 0 Å². The first-order valence-electron chi connectivity index (χ1n) is 9.01. The van der Waals surface area contributed by atoms with Crippen molar-refractivity contribution in [1.29, 1.82) is 0 Å². The van der Waals surface area contributed by atoms with Gasteiger partial charge in [0.15, 0.2) is 5.78 Å². The summed E-state index contributed by atoms with van der Waals surface area (Å²) in [6.45, 7) is 6.02. The maximum Gasteiger partial charge on any atom is 0.189 e. The summed E-state index contributed by atoms with van der Waals surface area (Å²) in [4.78, 5) is 12.6. The van der Waals surface area contributed by atoms with Gasteiger partial charge in [-0.2, -0.15) is 5.10 Å². The summed E-state index contributed by atoms with van der Waals surface area (Å²) in [6.07, 6.45) is 10.3. The number of carbonyl (C=O) groups is 1. The topological polar surface area (TPSA) is 34.9 Å². The third-order valence-electron chi connectivity index (χ3n) is 4.42. The molecule has 0 N–H and O–H groups in total. The van der Waals surface area contributed by atoms with E-state index >= 15 is 0 Å². The van der Waals surface area contributed by atoms with Crippen molar-refractivity contribution in [3.05, 3.63) is 70.6 Å². The van der Waals surface area contributed by atoms with Crippen LogP contribution in [0.25, 0.3) is 6.08 Å². The molecule has 25 heavy (non-hydrogen) atoms. The molecule has 3 nitrogen and oxygen atoms in total. The van der Waals surface area contributed by atoms with Crippen LogP contribution in [0.3, 0.4) is 0 Å². The number of aromatic nitrogens is 2. The number of ketones is 1. The van der Waals surface area contributed by atoms with Crippen LogP contribution in [-0.2, 0) is 7.05 Å². The summed E-state index contributed by atoms with van der Waals surface area (Å²) >= 11 is 0. The Kier molecular flexibility index (Phi) is 6.93. The highest BCUT2D eigenvalue weighted by Gasteiger charge is 2.14. The second kappa shape index (κ2) is 9.16. The molecule has 0 aliphatic heterocycles. The molecular weight excluding hydrogens is 308 g/mol. The smallest absolute Gasteiger partial charge is 0.189 e. The number of carbonyl (C=O) groups excluding carboxylic acids is 1. The molecule has 1 aromatic heterocycles. The molecule has 1 heterocycles. The maximum atomic E-state index is 12.6. The van der Waals surface area contributed by atoms with Crippen LogP contribution in [0, 0.1) is 13.8 Å². The highest BCUT2D eigenvalue weighted by atomic mass is 16.1. The molecule has 0 saturated carbocycles. The Morgan fingerprint density at radius 1 is 1.12 bits per heavy atom. The van der Waals surface area contributed by atoms with Crippen molar-refractivity contribution in [3.8, 4) is 0 Å². The summed E-state index contributed by atoms with van der Waals surface area (Å²) in [5.74, 6) is 0.0255. The quantitative estimate of drug-likeness (QED) is 0.278. The molecule has 0 saturated heterocycles. The van der Waals surface area contributed by atoms with E-state index in [1.807, 2.05) is 45.2 Å². The minimum Gasteiger partial charge on any atom is -0.289 e. The monoisotopic (exact) mass is 336 g/mol. The lowest BCUT2D eigenvalue weighted by atomic mass is 10.0. The molecule has 0 aliphatic rings. The van der Waals surface area contributed by atoms with Crippen LogP contribution < -0.4 is 0 Å². The standard InChI is InChI=1S/C22H28N2O/c1-5-6-8-11-20(16-19-12-9-7-10-13-19)14-15-21(25)22-17(2)23-24(4)18(22)3/h7,9-10,12-16H,5-6,8,11H2,1-4H3/b15-14+,20-16-. The van der Waals surface area contributed by atoms with Crippen LogP contribution in [0.5, 0.6) is 0 Å². The van der Waals surface area contributed by atoms with Gasteiger partial charge in [-0.05, 0) is 43.9 Å². The molecule has 2 rings (SSSR count). The highest BCUT2D eigenvalue weighted by molar-refractivity contribution is 6.06. The molecule has 0 fully saturated rings. The number of hydrogen-bond donors (Lipinski definition) is 0. The fraction of sp³-hybridized carbons (Fsp3) is 0.364. The first-order valence-corrected chi connectivity index (χ1v) is 9.01. The number of nitrogens with zero attached hydrogens (tertiary/aromatic N) is 2.